The third-order valence-electron chi connectivity index (χ3n) is 5.12. The molecular weight excluding hydrogens is 286 g/mol. The Balaban J connectivity index is 1.89. The Kier molecular flexibility index (Phi) is 3.22. The minimum Gasteiger partial charge on any atom is -0.478 e. The number of nitrogens with one attached hydrogen (secondary N) is 1. The second-order valence-corrected chi connectivity index (χ2v) is 6.41. The highest BCUT2D eigenvalue weighted by Gasteiger charge is 2.40. The molecule has 0 spiro atoms. The van der Waals surface area contributed by atoms with E-state index in [4.69, 9.17) is 0 Å². The Morgan fingerprint density at radius 3 is 2.70 bits per heavy atom. The maximum atomic E-state index is 11.7. The van der Waals surface area contributed by atoms with Gasteiger partial charge in [-0.1, -0.05) is 48.6 Å². The molecule has 0 saturated carbocycles. The van der Waals surface area contributed by atoms with E-state index in [1.807, 2.05) is 19.1 Å². The molecule has 1 heterocycles. The molecule has 2 aliphatic rings. The summed E-state index contributed by atoms with van der Waals surface area (Å²) < 4.78 is 0. The molecule has 2 aromatic carbocycles. The van der Waals surface area contributed by atoms with Crippen molar-refractivity contribution < 1.29 is 9.90 Å². The van der Waals surface area contributed by atoms with Gasteiger partial charge in [0.2, 0.25) is 0 Å². The molecule has 0 unspecified atom stereocenters. The number of anilines is 1. The molecule has 0 fully saturated rings. The van der Waals surface area contributed by atoms with Crippen LogP contribution in [0, 0.1) is 12.8 Å². The lowest BCUT2D eigenvalue weighted by Crippen LogP contribution is -2.31. The first-order valence-corrected chi connectivity index (χ1v) is 8.01. The maximum absolute atomic E-state index is 11.7. The van der Waals surface area contributed by atoms with Crippen LogP contribution in [-0.4, -0.2) is 11.1 Å². The van der Waals surface area contributed by atoms with Gasteiger partial charge in [0.05, 0.1) is 11.6 Å². The number of benzene rings is 2. The van der Waals surface area contributed by atoms with Crippen LogP contribution in [0.1, 0.15) is 45.4 Å². The molecule has 3 nitrogen and oxygen atoms in total. The van der Waals surface area contributed by atoms with E-state index in [1.165, 1.54) is 5.56 Å². The predicted octanol–water partition coefficient (Wildman–Crippen LogP) is 4.52. The number of carboxylic acids is 1. The molecule has 116 valence electrons. The lowest BCUT2D eigenvalue weighted by molar-refractivity contribution is 0.0695. The summed E-state index contributed by atoms with van der Waals surface area (Å²) in [7, 11) is 0. The second kappa shape index (κ2) is 5.27. The van der Waals surface area contributed by atoms with Gasteiger partial charge in [-0.3, -0.25) is 0 Å². The van der Waals surface area contributed by atoms with E-state index >= 15 is 0 Å². The van der Waals surface area contributed by atoms with Crippen LogP contribution in [0.5, 0.6) is 0 Å². The van der Waals surface area contributed by atoms with E-state index in [0.717, 1.165) is 23.2 Å². The van der Waals surface area contributed by atoms with Gasteiger partial charge in [-0.25, -0.2) is 4.79 Å². The minimum atomic E-state index is -0.847. The van der Waals surface area contributed by atoms with Crippen LogP contribution < -0.4 is 5.32 Å². The average Bonchev–Trinajstić information content (AvgIpc) is 3.05. The van der Waals surface area contributed by atoms with Crippen LogP contribution in [0.15, 0.2) is 54.6 Å². The SMILES string of the molecule is Cc1ccc(C(=O)O)c2c1N[C@H](c1ccccc1)[C@H]1CC=C[C@H]21. The van der Waals surface area contributed by atoms with Gasteiger partial charge in [0, 0.05) is 11.6 Å². The standard InChI is InChI=1S/C20H19NO2/c1-12-10-11-16(20(22)23)17-14-8-5-9-15(14)19(21-18(12)17)13-6-3-2-4-7-13/h2-8,10-11,14-15,19,21H,9H2,1H3,(H,22,23)/t14-,15-,19+/m0/s1. The Labute approximate surface area is 135 Å². The lowest BCUT2D eigenvalue weighted by Gasteiger charge is -2.39. The quantitative estimate of drug-likeness (QED) is 0.802. The summed E-state index contributed by atoms with van der Waals surface area (Å²) in [6.07, 6.45) is 5.35. The van der Waals surface area contributed by atoms with Gasteiger partial charge in [-0.05, 0) is 42.0 Å². The topological polar surface area (TPSA) is 49.3 Å². The second-order valence-electron chi connectivity index (χ2n) is 6.41. The van der Waals surface area contributed by atoms with Crippen molar-refractivity contribution in [3.63, 3.8) is 0 Å². The van der Waals surface area contributed by atoms with Gasteiger partial charge >= 0.3 is 5.97 Å². The number of aryl methyl sites for hydroxylation is 1. The summed E-state index contributed by atoms with van der Waals surface area (Å²) in [5.74, 6) is -0.312. The van der Waals surface area contributed by atoms with Crippen molar-refractivity contribution in [3.8, 4) is 0 Å². The first kappa shape index (κ1) is 14.1. The molecule has 1 aliphatic carbocycles. The molecule has 0 aromatic heterocycles. The Morgan fingerprint density at radius 2 is 1.96 bits per heavy atom. The third kappa shape index (κ3) is 2.15. The Morgan fingerprint density at radius 1 is 1.17 bits per heavy atom. The maximum Gasteiger partial charge on any atom is 0.336 e. The normalized spacial score (nSPS) is 24.7. The summed E-state index contributed by atoms with van der Waals surface area (Å²) >= 11 is 0. The van der Waals surface area contributed by atoms with Gasteiger partial charge < -0.3 is 10.4 Å². The number of fused-ring (bicyclic) bond motifs is 3. The molecule has 0 saturated heterocycles. The zero-order valence-corrected chi connectivity index (χ0v) is 13.0. The van der Waals surface area contributed by atoms with E-state index in [9.17, 15) is 9.90 Å². The summed E-state index contributed by atoms with van der Waals surface area (Å²) in [6, 6.07) is 14.3. The van der Waals surface area contributed by atoms with E-state index in [2.05, 4.69) is 41.7 Å². The number of carboxylic acid groups (broad SMARTS) is 1. The highest BCUT2D eigenvalue weighted by molar-refractivity contribution is 5.93. The number of allylic oxidation sites excluding steroid dienone is 2. The number of carbonyl (C=O) groups is 1. The number of aromatic carboxylic acids is 1. The zero-order chi connectivity index (χ0) is 16.0. The summed E-state index contributed by atoms with van der Waals surface area (Å²) in [5, 5.41) is 13.2. The van der Waals surface area contributed by atoms with Crippen LogP contribution >= 0.6 is 0 Å². The minimum absolute atomic E-state index is 0.169. The van der Waals surface area contributed by atoms with Gasteiger partial charge in [0.1, 0.15) is 0 Å². The van der Waals surface area contributed by atoms with Crippen LogP contribution in [0.4, 0.5) is 5.69 Å². The molecule has 0 bridgehead atoms. The van der Waals surface area contributed by atoms with Crippen molar-refractivity contribution in [3.05, 3.63) is 76.9 Å². The molecule has 2 aromatic rings. The fourth-order valence-corrected chi connectivity index (χ4v) is 4.03. The van der Waals surface area contributed by atoms with Crippen LogP contribution in [0.3, 0.4) is 0 Å². The summed E-state index contributed by atoms with van der Waals surface area (Å²) in [4.78, 5) is 11.7. The van der Waals surface area contributed by atoms with Crippen LogP contribution in [0.2, 0.25) is 0 Å². The number of hydrogen-bond donors (Lipinski definition) is 2. The van der Waals surface area contributed by atoms with Gasteiger partial charge in [-0.2, -0.15) is 0 Å². The van der Waals surface area contributed by atoms with Crippen molar-refractivity contribution in [1.82, 2.24) is 0 Å². The summed E-state index contributed by atoms with van der Waals surface area (Å²) in [6.45, 7) is 2.04. The molecule has 2 N–H and O–H groups in total. The van der Waals surface area contributed by atoms with Crippen molar-refractivity contribution in [1.29, 1.82) is 0 Å². The molecular formula is C20H19NO2. The van der Waals surface area contributed by atoms with Gasteiger partial charge in [-0.15, -0.1) is 0 Å². The first-order valence-electron chi connectivity index (χ1n) is 8.01. The lowest BCUT2D eigenvalue weighted by atomic mass is 9.75. The molecule has 4 rings (SSSR count). The van der Waals surface area contributed by atoms with Crippen LogP contribution in [0.25, 0.3) is 0 Å². The van der Waals surface area contributed by atoms with E-state index in [1.54, 1.807) is 6.07 Å². The predicted molar refractivity (Wildman–Crippen MR) is 90.9 cm³/mol. The van der Waals surface area contributed by atoms with Crippen LogP contribution in [-0.2, 0) is 0 Å². The molecule has 23 heavy (non-hydrogen) atoms. The third-order valence-corrected chi connectivity index (χ3v) is 5.12. The van der Waals surface area contributed by atoms with Gasteiger partial charge in [0.25, 0.3) is 0 Å². The van der Waals surface area contributed by atoms with Crippen molar-refractivity contribution in [2.24, 2.45) is 5.92 Å². The van der Waals surface area contributed by atoms with Crippen molar-refractivity contribution >= 4 is 11.7 Å². The highest BCUT2D eigenvalue weighted by Crippen LogP contribution is 2.51. The average molecular weight is 305 g/mol. The van der Waals surface area contributed by atoms with E-state index in [0.29, 0.717) is 11.5 Å². The zero-order valence-electron chi connectivity index (χ0n) is 13.0. The smallest absolute Gasteiger partial charge is 0.336 e. The van der Waals surface area contributed by atoms with E-state index in [-0.39, 0.29) is 12.0 Å². The molecule has 1 aliphatic heterocycles. The fraction of sp³-hybridized carbons (Fsp3) is 0.250. The molecule has 3 atom stereocenters. The fourth-order valence-electron chi connectivity index (χ4n) is 4.03. The van der Waals surface area contributed by atoms with Crippen molar-refractivity contribution in [2.45, 2.75) is 25.3 Å². The number of rotatable bonds is 2. The number of hydrogen-bond acceptors (Lipinski definition) is 2. The largest absolute Gasteiger partial charge is 0.478 e. The molecule has 0 amide bonds. The van der Waals surface area contributed by atoms with Crippen molar-refractivity contribution in [2.75, 3.05) is 5.32 Å². The Bertz CT molecular complexity index is 795. The Hall–Kier alpha value is -2.55. The molecule has 0 radical (unpaired) electrons. The molecule has 3 heteroatoms. The first-order chi connectivity index (χ1) is 11.2. The monoisotopic (exact) mass is 305 g/mol. The highest BCUT2D eigenvalue weighted by atomic mass is 16.4. The van der Waals surface area contributed by atoms with E-state index < -0.39 is 5.97 Å². The van der Waals surface area contributed by atoms with Gasteiger partial charge in [0.15, 0.2) is 0 Å². The summed E-state index contributed by atoms with van der Waals surface area (Å²) in [5.41, 5.74) is 4.72.